The third-order valence-electron chi connectivity index (χ3n) is 2.28. The first-order valence-corrected chi connectivity index (χ1v) is 5.11. The second-order valence-corrected chi connectivity index (χ2v) is 3.62. The molecule has 0 aromatic rings. The summed E-state index contributed by atoms with van der Waals surface area (Å²) in [6.45, 7) is -1.39. The maximum Gasteiger partial charge on any atom is 0.209 e. The summed E-state index contributed by atoms with van der Waals surface area (Å²) in [7, 11) is 0. The second-order valence-electron chi connectivity index (χ2n) is 3.62. The van der Waals surface area contributed by atoms with E-state index in [2.05, 4.69) is 0 Å². The van der Waals surface area contributed by atoms with Gasteiger partial charge in [0.2, 0.25) is 6.41 Å². The van der Waals surface area contributed by atoms with Crippen LogP contribution in [0.1, 0.15) is 0 Å². The summed E-state index contributed by atoms with van der Waals surface area (Å²) >= 11 is 0. The highest BCUT2D eigenvalue weighted by Crippen LogP contribution is 2.06. The first-order valence-electron chi connectivity index (χ1n) is 5.11. The average Bonchev–Trinajstić information content (AvgIpc) is 2.35. The number of hydrogen-bond donors (Lipinski definition) is 6. The van der Waals surface area contributed by atoms with E-state index >= 15 is 0 Å². The van der Waals surface area contributed by atoms with Gasteiger partial charge < -0.3 is 35.5 Å². The highest BCUT2D eigenvalue weighted by atomic mass is 16.4. The Bertz CT molecular complexity index is 216. The fraction of sp³-hybridized carbons (Fsp3) is 0.889. The minimum atomic E-state index is -1.72. The third-order valence-corrected chi connectivity index (χ3v) is 2.28. The van der Waals surface area contributed by atoms with E-state index in [1.165, 1.54) is 0 Å². The normalized spacial score (nSPS) is 18.2. The zero-order valence-electron chi connectivity index (χ0n) is 9.25. The molecule has 8 heteroatoms. The van der Waals surface area contributed by atoms with Gasteiger partial charge in [-0.2, -0.15) is 0 Å². The molecule has 1 amide bonds. The molecule has 0 fully saturated rings. The molecule has 0 radical (unpaired) electrons. The van der Waals surface area contributed by atoms with Gasteiger partial charge in [-0.05, 0) is 0 Å². The molecule has 0 saturated heterocycles. The molecule has 0 aliphatic carbocycles. The van der Waals surface area contributed by atoms with Gasteiger partial charge in [-0.1, -0.05) is 0 Å². The number of nitrogens with zero attached hydrogens (tertiary/aromatic N) is 1. The maximum absolute atomic E-state index is 10.5. The van der Waals surface area contributed by atoms with E-state index in [0.717, 1.165) is 4.90 Å². The van der Waals surface area contributed by atoms with Crippen LogP contribution in [0.15, 0.2) is 0 Å². The SMILES string of the molecule is O=CN(CCO)C[C@@H](O)[C@@H](O)[C@@H](O)[C@@H](O)CO. The Morgan fingerprint density at radius 3 is 1.94 bits per heavy atom. The van der Waals surface area contributed by atoms with E-state index in [1.807, 2.05) is 0 Å². The molecular weight excluding hydrogens is 234 g/mol. The minimum Gasteiger partial charge on any atom is -0.395 e. The van der Waals surface area contributed by atoms with Crippen LogP contribution in [-0.4, -0.2) is 92.7 Å². The van der Waals surface area contributed by atoms with Crippen LogP contribution in [0.3, 0.4) is 0 Å². The van der Waals surface area contributed by atoms with Crippen molar-refractivity contribution < 1.29 is 35.4 Å². The van der Waals surface area contributed by atoms with E-state index in [-0.39, 0.29) is 19.7 Å². The summed E-state index contributed by atoms with van der Waals surface area (Å²) in [4.78, 5) is 11.5. The molecule has 0 aliphatic rings. The number of amides is 1. The lowest BCUT2D eigenvalue weighted by molar-refractivity contribution is -0.130. The Morgan fingerprint density at radius 1 is 1.00 bits per heavy atom. The van der Waals surface area contributed by atoms with E-state index in [1.54, 1.807) is 0 Å². The van der Waals surface area contributed by atoms with Crippen LogP contribution in [0.25, 0.3) is 0 Å². The summed E-state index contributed by atoms with van der Waals surface area (Å²) in [6, 6.07) is 0. The maximum atomic E-state index is 10.5. The van der Waals surface area contributed by atoms with Crippen molar-refractivity contribution in [1.29, 1.82) is 0 Å². The fourth-order valence-electron chi connectivity index (χ4n) is 1.23. The summed E-state index contributed by atoms with van der Waals surface area (Å²) in [5, 5.41) is 54.4. The first-order chi connectivity index (χ1) is 7.97. The fourth-order valence-corrected chi connectivity index (χ4v) is 1.23. The highest BCUT2D eigenvalue weighted by Gasteiger charge is 2.30. The molecule has 0 aromatic carbocycles. The van der Waals surface area contributed by atoms with E-state index < -0.39 is 31.0 Å². The molecule has 8 nitrogen and oxygen atoms in total. The lowest BCUT2D eigenvalue weighted by Crippen LogP contribution is -2.49. The van der Waals surface area contributed by atoms with Crippen LogP contribution in [0.4, 0.5) is 0 Å². The van der Waals surface area contributed by atoms with Gasteiger partial charge in [-0.3, -0.25) is 4.79 Å². The van der Waals surface area contributed by atoms with Crippen LogP contribution >= 0.6 is 0 Å². The number of carbonyl (C=O) groups excluding carboxylic acids is 1. The van der Waals surface area contributed by atoms with Crippen molar-refractivity contribution in [3.63, 3.8) is 0 Å². The second kappa shape index (κ2) is 8.34. The van der Waals surface area contributed by atoms with Crippen molar-refractivity contribution in [1.82, 2.24) is 4.90 Å². The number of hydrogen-bond acceptors (Lipinski definition) is 7. The van der Waals surface area contributed by atoms with Crippen molar-refractivity contribution in [3.05, 3.63) is 0 Å². The molecule has 0 unspecified atom stereocenters. The van der Waals surface area contributed by atoms with Crippen LogP contribution in [0, 0.1) is 0 Å². The van der Waals surface area contributed by atoms with Crippen LogP contribution in [0.2, 0.25) is 0 Å². The molecule has 102 valence electrons. The molecule has 0 rings (SSSR count). The molecule has 6 N–H and O–H groups in total. The van der Waals surface area contributed by atoms with Gasteiger partial charge in [0.05, 0.1) is 13.2 Å². The standard InChI is InChI=1S/C9H19NO7/c11-2-1-10(5-13)3-6(14)8(16)9(17)7(15)4-12/h5-9,11-12,14-17H,1-4H2/t6-,7+,8-,9+/m1/s1. The van der Waals surface area contributed by atoms with Crippen LogP contribution in [-0.2, 0) is 4.79 Å². The van der Waals surface area contributed by atoms with Crippen molar-refractivity contribution in [3.8, 4) is 0 Å². The van der Waals surface area contributed by atoms with E-state index in [9.17, 15) is 20.1 Å². The molecule has 0 aliphatic heterocycles. The lowest BCUT2D eigenvalue weighted by Gasteiger charge is -2.28. The van der Waals surface area contributed by atoms with Gasteiger partial charge >= 0.3 is 0 Å². The monoisotopic (exact) mass is 253 g/mol. The topological polar surface area (TPSA) is 142 Å². The Labute approximate surface area is 98.3 Å². The summed E-state index contributed by atoms with van der Waals surface area (Å²) < 4.78 is 0. The van der Waals surface area contributed by atoms with Crippen LogP contribution < -0.4 is 0 Å². The van der Waals surface area contributed by atoms with Crippen molar-refractivity contribution in [2.75, 3.05) is 26.3 Å². The highest BCUT2D eigenvalue weighted by molar-refractivity contribution is 5.46. The van der Waals surface area contributed by atoms with Gasteiger partial charge in [0.25, 0.3) is 0 Å². The molecule has 0 saturated carbocycles. The summed E-state index contributed by atoms with van der Waals surface area (Å²) in [5.41, 5.74) is 0. The molecular formula is C9H19NO7. The Balaban J connectivity index is 4.28. The van der Waals surface area contributed by atoms with Crippen molar-refractivity contribution in [2.24, 2.45) is 0 Å². The summed E-state index contributed by atoms with van der Waals surface area (Å²) in [6.07, 6.45) is -6.14. The smallest absolute Gasteiger partial charge is 0.209 e. The first kappa shape index (κ1) is 16.2. The van der Waals surface area contributed by atoms with Gasteiger partial charge in [0.15, 0.2) is 0 Å². The third kappa shape index (κ3) is 5.39. The molecule has 0 spiro atoms. The molecule has 4 atom stereocenters. The van der Waals surface area contributed by atoms with Gasteiger partial charge in [-0.15, -0.1) is 0 Å². The Morgan fingerprint density at radius 2 is 1.53 bits per heavy atom. The van der Waals surface area contributed by atoms with Crippen LogP contribution in [0.5, 0.6) is 0 Å². The molecule has 0 bridgehead atoms. The zero-order chi connectivity index (χ0) is 13.4. The summed E-state index contributed by atoms with van der Waals surface area (Å²) in [5.74, 6) is 0. The van der Waals surface area contributed by atoms with Gasteiger partial charge in [-0.25, -0.2) is 0 Å². The minimum absolute atomic E-state index is 0.0219. The number of aliphatic hydroxyl groups is 6. The van der Waals surface area contributed by atoms with Gasteiger partial charge in [0.1, 0.15) is 24.4 Å². The number of rotatable bonds is 9. The van der Waals surface area contributed by atoms with E-state index in [4.69, 9.17) is 15.3 Å². The average molecular weight is 253 g/mol. The molecule has 0 aromatic heterocycles. The quantitative estimate of drug-likeness (QED) is 0.229. The van der Waals surface area contributed by atoms with Crippen molar-refractivity contribution >= 4 is 6.41 Å². The Kier molecular flexibility index (Phi) is 7.96. The van der Waals surface area contributed by atoms with E-state index in [0.29, 0.717) is 6.41 Å². The van der Waals surface area contributed by atoms with Gasteiger partial charge in [0, 0.05) is 13.1 Å². The van der Waals surface area contributed by atoms with Crippen molar-refractivity contribution in [2.45, 2.75) is 24.4 Å². The number of carbonyl (C=O) groups is 1. The lowest BCUT2D eigenvalue weighted by atomic mass is 10.0. The zero-order valence-corrected chi connectivity index (χ0v) is 9.25. The predicted octanol–water partition coefficient (Wildman–Crippen LogP) is -4.13. The predicted molar refractivity (Wildman–Crippen MR) is 55.8 cm³/mol. The number of aliphatic hydroxyl groups excluding tert-OH is 6. The largest absolute Gasteiger partial charge is 0.395 e. The Hall–Kier alpha value is -0.770. The molecule has 0 heterocycles. The molecule has 17 heavy (non-hydrogen) atoms.